The lowest BCUT2D eigenvalue weighted by Gasteiger charge is -2.38. The van der Waals surface area contributed by atoms with Gasteiger partial charge in [-0.1, -0.05) is 69.0 Å². The summed E-state index contributed by atoms with van der Waals surface area (Å²) in [7, 11) is 2.00. The number of benzene rings is 1. The third-order valence-corrected chi connectivity index (χ3v) is 6.55. The fourth-order valence-electron chi connectivity index (χ4n) is 3.98. The van der Waals surface area contributed by atoms with Gasteiger partial charge in [-0.3, -0.25) is 4.31 Å². The maximum absolute atomic E-state index is 12.7. The molecule has 1 atom stereocenters. The van der Waals surface area contributed by atoms with Gasteiger partial charge >= 0.3 is 6.09 Å². The highest BCUT2D eigenvalue weighted by atomic mass is 32.1. The summed E-state index contributed by atoms with van der Waals surface area (Å²) in [6, 6.07) is 8.30. The van der Waals surface area contributed by atoms with Gasteiger partial charge in [0.2, 0.25) is 0 Å². The van der Waals surface area contributed by atoms with Gasteiger partial charge in [0.15, 0.2) is 0 Å². The summed E-state index contributed by atoms with van der Waals surface area (Å²) in [6.07, 6.45) is 7.20. The van der Waals surface area contributed by atoms with Crippen molar-refractivity contribution in [1.82, 2.24) is 14.1 Å². The molecule has 0 bridgehead atoms. The van der Waals surface area contributed by atoms with Crippen molar-refractivity contribution in [3.63, 3.8) is 0 Å². The summed E-state index contributed by atoms with van der Waals surface area (Å²) in [5, 5.41) is 0. The van der Waals surface area contributed by atoms with Gasteiger partial charge in [-0.2, -0.15) is 12.6 Å². The molecule has 1 aromatic carbocycles. The molecule has 1 aromatic rings. The van der Waals surface area contributed by atoms with E-state index in [0.29, 0.717) is 19.1 Å². The van der Waals surface area contributed by atoms with Gasteiger partial charge in [-0.25, -0.2) is 4.79 Å². The Hall–Kier alpha value is -1.15. The molecule has 2 rings (SSSR count). The quantitative estimate of drug-likeness (QED) is 0.264. The third kappa shape index (κ3) is 13.1. The summed E-state index contributed by atoms with van der Waals surface area (Å²) in [4.78, 5) is 17.1. The number of carbonyl (C=O) groups excluding carboxylic acids is 1. The summed E-state index contributed by atoms with van der Waals surface area (Å²) >= 11 is 8.34. The van der Waals surface area contributed by atoms with Crippen LogP contribution in [0.5, 0.6) is 0 Å². The van der Waals surface area contributed by atoms with E-state index in [1.165, 1.54) is 24.8 Å². The standard InChI is InChI=1S/C23H37N3O2S.C4H10S/c1-5-13-26(23(27)28-18-21-8-6-19(2)7-9-21)22-11-15-25(16-12-22)14-10-20(3)17-24(4)29;1-2-3-4-5/h5-9,20,22,29H,1,10-18H2,2-4H3;5H,2-4H2,1H3. The van der Waals surface area contributed by atoms with Gasteiger partial charge in [0, 0.05) is 32.2 Å². The molecule has 1 unspecified atom stereocenters. The second-order valence-electron chi connectivity index (χ2n) is 9.37. The van der Waals surface area contributed by atoms with E-state index in [1.807, 2.05) is 47.4 Å². The van der Waals surface area contributed by atoms with Gasteiger partial charge in [-0.05, 0) is 63.4 Å². The number of thiol groups is 2. The summed E-state index contributed by atoms with van der Waals surface area (Å²) < 4.78 is 7.54. The molecule has 0 aliphatic carbocycles. The lowest BCUT2D eigenvalue weighted by Crippen LogP contribution is -2.48. The molecular formula is C27H47N3O2S2. The van der Waals surface area contributed by atoms with Gasteiger partial charge < -0.3 is 14.5 Å². The summed E-state index contributed by atoms with van der Waals surface area (Å²) in [6.45, 7) is 15.3. The van der Waals surface area contributed by atoms with Crippen LogP contribution in [-0.2, 0) is 11.3 Å². The van der Waals surface area contributed by atoms with E-state index in [0.717, 1.165) is 50.3 Å². The summed E-state index contributed by atoms with van der Waals surface area (Å²) in [5.41, 5.74) is 2.21. The van der Waals surface area contributed by atoms with Gasteiger partial charge in [0.25, 0.3) is 0 Å². The first-order valence-corrected chi connectivity index (χ1v) is 13.7. The second kappa shape index (κ2) is 18.2. The first-order valence-electron chi connectivity index (χ1n) is 12.6. The number of amides is 1. The number of carbonyl (C=O) groups is 1. The van der Waals surface area contributed by atoms with E-state index >= 15 is 0 Å². The number of hydrogen-bond acceptors (Lipinski definition) is 6. The van der Waals surface area contributed by atoms with Gasteiger partial charge in [0.05, 0.1) is 0 Å². The third-order valence-electron chi connectivity index (χ3n) is 6.07. The van der Waals surface area contributed by atoms with Crippen LogP contribution < -0.4 is 0 Å². The normalized spacial score (nSPS) is 15.4. The van der Waals surface area contributed by atoms with Crippen LogP contribution in [0.1, 0.15) is 57.1 Å². The first-order chi connectivity index (χ1) is 16.3. The van der Waals surface area contributed by atoms with Crippen LogP contribution in [-0.4, -0.2) is 71.8 Å². The van der Waals surface area contributed by atoms with Crippen LogP contribution in [0.2, 0.25) is 0 Å². The second-order valence-corrected chi connectivity index (χ2v) is 10.5. The number of rotatable bonds is 12. The SMILES string of the molecule is C=CCN(C(=O)OCc1ccc(C)cc1)C1CCN(CCC(C)CN(C)S)CC1.CCCCS. The molecule has 5 nitrogen and oxygen atoms in total. The molecule has 1 aliphatic heterocycles. The molecule has 1 heterocycles. The zero-order valence-corrected chi connectivity index (χ0v) is 23.6. The van der Waals surface area contributed by atoms with Crippen molar-refractivity contribution in [1.29, 1.82) is 0 Å². The van der Waals surface area contributed by atoms with E-state index < -0.39 is 0 Å². The number of piperidine rings is 1. The highest BCUT2D eigenvalue weighted by Crippen LogP contribution is 2.19. The highest BCUT2D eigenvalue weighted by molar-refractivity contribution is 7.80. The first kappa shape index (κ1) is 30.9. The Kier molecular flexibility index (Phi) is 16.5. The van der Waals surface area contributed by atoms with Crippen molar-refractivity contribution < 1.29 is 9.53 Å². The van der Waals surface area contributed by atoms with Crippen LogP contribution in [0.3, 0.4) is 0 Å². The maximum Gasteiger partial charge on any atom is 0.410 e. The topological polar surface area (TPSA) is 36.0 Å². The van der Waals surface area contributed by atoms with Crippen LogP contribution in [0, 0.1) is 12.8 Å². The average molecular weight is 510 g/mol. The van der Waals surface area contributed by atoms with Crippen molar-refractivity contribution in [3.8, 4) is 0 Å². The minimum atomic E-state index is -0.241. The van der Waals surface area contributed by atoms with Crippen LogP contribution >= 0.6 is 25.4 Å². The number of hydrogen-bond donors (Lipinski definition) is 2. The van der Waals surface area contributed by atoms with Gasteiger partial charge in [-0.15, -0.1) is 6.58 Å². The molecule has 1 amide bonds. The number of likely N-dealkylation sites (tertiary alicyclic amines) is 1. The monoisotopic (exact) mass is 509 g/mol. The van der Waals surface area contributed by atoms with Crippen molar-refractivity contribution in [2.75, 3.05) is 45.5 Å². The Balaban J connectivity index is 0.00000104. The number of aryl methyl sites for hydroxylation is 1. The lowest BCUT2D eigenvalue weighted by molar-refractivity contribution is 0.0651. The van der Waals surface area contributed by atoms with Crippen LogP contribution in [0.4, 0.5) is 4.79 Å². The average Bonchev–Trinajstić information content (AvgIpc) is 2.81. The molecule has 1 fully saturated rings. The fraction of sp³-hybridized carbons (Fsp3) is 0.667. The van der Waals surface area contributed by atoms with Crippen molar-refractivity contribution in [2.45, 2.75) is 65.5 Å². The Labute approximate surface area is 219 Å². The van der Waals surface area contributed by atoms with E-state index in [9.17, 15) is 4.79 Å². The lowest BCUT2D eigenvalue weighted by atomic mass is 10.0. The molecule has 34 heavy (non-hydrogen) atoms. The highest BCUT2D eigenvalue weighted by Gasteiger charge is 2.28. The van der Waals surface area contributed by atoms with E-state index in [4.69, 9.17) is 4.74 Å². The minimum Gasteiger partial charge on any atom is -0.445 e. The fourth-order valence-corrected chi connectivity index (χ4v) is 4.58. The summed E-state index contributed by atoms with van der Waals surface area (Å²) in [5.74, 6) is 1.67. The molecule has 0 N–H and O–H groups in total. The molecule has 0 saturated carbocycles. The molecule has 1 aliphatic rings. The van der Waals surface area contributed by atoms with Crippen molar-refractivity contribution in [3.05, 3.63) is 48.0 Å². The minimum absolute atomic E-state index is 0.218. The predicted octanol–water partition coefficient (Wildman–Crippen LogP) is 6.10. The molecule has 0 radical (unpaired) electrons. The smallest absolute Gasteiger partial charge is 0.410 e. The van der Waals surface area contributed by atoms with E-state index in [2.05, 4.69) is 50.8 Å². The number of ether oxygens (including phenoxy) is 1. The molecule has 0 aromatic heterocycles. The number of nitrogens with zero attached hydrogens (tertiary/aromatic N) is 3. The predicted molar refractivity (Wildman–Crippen MR) is 152 cm³/mol. The Morgan fingerprint density at radius 3 is 2.44 bits per heavy atom. The molecule has 194 valence electrons. The number of unbranched alkanes of at least 4 members (excludes halogenated alkanes) is 1. The zero-order valence-electron chi connectivity index (χ0n) is 21.8. The molecule has 0 spiro atoms. The Bertz CT molecular complexity index is 675. The molecule has 7 heteroatoms. The largest absolute Gasteiger partial charge is 0.445 e. The zero-order chi connectivity index (χ0) is 25.3. The van der Waals surface area contributed by atoms with Crippen molar-refractivity contribution >= 4 is 31.5 Å². The van der Waals surface area contributed by atoms with E-state index in [-0.39, 0.29) is 12.1 Å². The molecular weight excluding hydrogens is 462 g/mol. The maximum atomic E-state index is 12.7. The van der Waals surface area contributed by atoms with Crippen LogP contribution in [0.15, 0.2) is 36.9 Å². The Morgan fingerprint density at radius 2 is 1.94 bits per heavy atom. The van der Waals surface area contributed by atoms with Gasteiger partial charge in [0.1, 0.15) is 6.61 Å². The Morgan fingerprint density at radius 1 is 1.29 bits per heavy atom. The molecule has 1 saturated heterocycles. The van der Waals surface area contributed by atoms with Crippen LogP contribution in [0.25, 0.3) is 0 Å². The van der Waals surface area contributed by atoms with Crippen molar-refractivity contribution in [2.24, 2.45) is 5.92 Å². The van der Waals surface area contributed by atoms with E-state index in [1.54, 1.807) is 6.08 Å².